The van der Waals surface area contributed by atoms with Crippen molar-refractivity contribution < 1.29 is 9.59 Å². The first-order valence-electron chi connectivity index (χ1n) is 9.01. The first-order chi connectivity index (χ1) is 13.6. The molecule has 2 aromatic heterocycles. The summed E-state index contributed by atoms with van der Waals surface area (Å²) in [5.74, 6) is -0.225. The first-order valence-corrected chi connectivity index (χ1v) is 9.83. The zero-order valence-electron chi connectivity index (χ0n) is 15.3. The predicted octanol–water partition coefficient (Wildman–Crippen LogP) is 3.07. The summed E-state index contributed by atoms with van der Waals surface area (Å²) in [6.07, 6.45) is 2.67. The number of hydrogen-bond donors (Lipinski definition) is 1. The molecule has 142 valence electrons. The molecule has 1 unspecified atom stereocenters. The van der Waals surface area contributed by atoms with Gasteiger partial charge in [0.15, 0.2) is 5.01 Å². The Bertz CT molecular complexity index is 1000. The molecule has 3 heterocycles. The minimum Gasteiger partial charge on any atom is -0.335 e. The van der Waals surface area contributed by atoms with Crippen LogP contribution in [0.1, 0.15) is 30.5 Å². The molecule has 0 saturated carbocycles. The van der Waals surface area contributed by atoms with Crippen LogP contribution < -0.4 is 5.32 Å². The average molecular weight is 393 g/mol. The molecule has 4 rings (SSSR count). The molecule has 7 nitrogen and oxygen atoms in total. The van der Waals surface area contributed by atoms with E-state index in [0.29, 0.717) is 22.4 Å². The van der Waals surface area contributed by atoms with E-state index in [4.69, 9.17) is 0 Å². The smallest absolute Gasteiger partial charge is 0.228 e. The SMILES string of the molecule is CC(=O)N1CCc2ccccc2C1CC(=O)Nc1nnc(-c2ccccn2)s1. The molecule has 0 saturated heterocycles. The van der Waals surface area contributed by atoms with Gasteiger partial charge in [0.1, 0.15) is 5.69 Å². The van der Waals surface area contributed by atoms with Crippen molar-refractivity contribution >= 4 is 28.3 Å². The van der Waals surface area contributed by atoms with Crippen LogP contribution in [-0.2, 0) is 16.0 Å². The molecular formula is C20H19N5O2S. The molecule has 1 aliphatic rings. The van der Waals surface area contributed by atoms with E-state index < -0.39 is 0 Å². The Hall–Kier alpha value is -3.13. The van der Waals surface area contributed by atoms with Crippen LogP contribution in [0.25, 0.3) is 10.7 Å². The van der Waals surface area contributed by atoms with E-state index in [2.05, 4.69) is 26.6 Å². The van der Waals surface area contributed by atoms with Gasteiger partial charge in [-0.25, -0.2) is 0 Å². The second-order valence-corrected chi connectivity index (χ2v) is 7.53. The van der Waals surface area contributed by atoms with E-state index in [1.165, 1.54) is 16.9 Å². The Kier molecular flexibility index (Phi) is 5.12. The second kappa shape index (κ2) is 7.85. The third kappa shape index (κ3) is 3.77. The van der Waals surface area contributed by atoms with Gasteiger partial charge in [-0.05, 0) is 29.7 Å². The van der Waals surface area contributed by atoms with E-state index in [9.17, 15) is 9.59 Å². The molecule has 0 radical (unpaired) electrons. The monoisotopic (exact) mass is 393 g/mol. The lowest BCUT2D eigenvalue weighted by Crippen LogP contribution is -2.40. The van der Waals surface area contributed by atoms with Gasteiger partial charge >= 0.3 is 0 Å². The molecule has 0 spiro atoms. The van der Waals surface area contributed by atoms with Crippen LogP contribution >= 0.6 is 11.3 Å². The van der Waals surface area contributed by atoms with Crippen molar-refractivity contribution in [2.75, 3.05) is 11.9 Å². The number of nitrogens with zero attached hydrogens (tertiary/aromatic N) is 4. The quantitative estimate of drug-likeness (QED) is 0.736. The van der Waals surface area contributed by atoms with E-state index in [-0.39, 0.29) is 24.3 Å². The summed E-state index contributed by atoms with van der Waals surface area (Å²) >= 11 is 1.27. The lowest BCUT2D eigenvalue weighted by molar-refractivity contribution is -0.132. The van der Waals surface area contributed by atoms with Crippen molar-refractivity contribution in [2.24, 2.45) is 0 Å². The van der Waals surface area contributed by atoms with Crippen molar-refractivity contribution in [1.29, 1.82) is 0 Å². The maximum absolute atomic E-state index is 12.7. The fourth-order valence-corrected chi connectivity index (χ4v) is 4.20. The number of pyridine rings is 1. The Labute approximate surface area is 166 Å². The largest absolute Gasteiger partial charge is 0.335 e. The Morgan fingerprint density at radius 1 is 1.18 bits per heavy atom. The van der Waals surface area contributed by atoms with Gasteiger partial charge in [-0.15, -0.1) is 10.2 Å². The number of aromatic nitrogens is 3. The highest BCUT2D eigenvalue weighted by molar-refractivity contribution is 7.18. The van der Waals surface area contributed by atoms with Crippen molar-refractivity contribution in [3.8, 4) is 10.7 Å². The number of nitrogens with one attached hydrogen (secondary N) is 1. The molecule has 8 heteroatoms. The number of amides is 2. The summed E-state index contributed by atoms with van der Waals surface area (Å²) in [6, 6.07) is 13.3. The van der Waals surface area contributed by atoms with E-state index in [0.717, 1.165) is 12.0 Å². The topological polar surface area (TPSA) is 88.1 Å². The van der Waals surface area contributed by atoms with Crippen LogP contribution in [0, 0.1) is 0 Å². The summed E-state index contributed by atoms with van der Waals surface area (Å²) < 4.78 is 0. The lowest BCUT2D eigenvalue weighted by atomic mass is 9.90. The summed E-state index contributed by atoms with van der Waals surface area (Å²) in [6.45, 7) is 2.16. The van der Waals surface area contributed by atoms with Gasteiger partial charge in [-0.2, -0.15) is 0 Å². The normalized spacial score (nSPS) is 15.8. The van der Waals surface area contributed by atoms with Crippen molar-refractivity contribution in [3.05, 3.63) is 59.8 Å². The molecule has 1 aromatic carbocycles. The zero-order chi connectivity index (χ0) is 19.5. The fraction of sp³-hybridized carbons (Fsp3) is 0.250. The van der Waals surface area contributed by atoms with Gasteiger partial charge in [0.05, 0.1) is 12.5 Å². The number of anilines is 1. The summed E-state index contributed by atoms with van der Waals surface area (Å²) in [4.78, 5) is 30.8. The molecule has 1 aliphatic heterocycles. The molecular weight excluding hydrogens is 374 g/mol. The summed E-state index contributed by atoms with van der Waals surface area (Å²) in [5, 5.41) is 12.0. The van der Waals surface area contributed by atoms with Gasteiger partial charge in [-0.1, -0.05) is 41.7 Å². The molecule has 3 aromatic rings. The van der Waals surface area contributed by atoms with E-state index >= 15 is 0 Å². The van der Waals surface area contributed by atoms with Gasteiger partial charge in [0, 0.05) is 19.7 Å². The average Bonchev–Trinajstić information content (AvgIpc) is 3.17. The van der Waals surface area contributed by atoms with Crippen molar-refractivity contribution in [1.82, 2.24) is 20.1 Å². The Morgan fingerprint density at radius 3 is 2.79 bits per heavy atom. The second-order valence-electron chi connectivity index (χ2n) is 6.56. The fourth-order valence-electron chi connectivity index (χ4n) is 3.46. The highest BCUT2D eigenvalue weighted by Crippen LogP contribution is 2.33. The number of benzene rings is 1. The third-order valence-corrected chi connectivity index (χ3v) is 5.61. The summed E-state index contributed by atoms with van der Waals surface area (Å²) in [7, 11) is 0. The predicted molar refractivity (Wildman–Crippen MR) is 107 cm³/mol. The third-order valence-electron chi connectivity index (χ3n) is 4.75. The number of hydrogen-bond acceptors (Lipinski definition) is 6. The number of fused-ring (bicyclic) bond motifs is 1. The minimum absolute atomic E-state index is 0.0272. The molecule has 0 bridgehead atoms. The van der Waals surface area contributed by atoms with Gasteiger partial charge in [0.25, 0.3) is 0 Å². The van der Waals surface area contributed by atoms with Crippen LogP contribution in [-0.4, -0.2) is 38.4 Å². The van der Waals surface area contributed by atoms with Crippen LogP contribution in [0.15, 0.2) is 48.7 Å². The first kappa shape index (κ1) is 18.2. The van der Waals surface area contributed by atoms with E-state index in [1.54, 1.807) is 18.0 Å². The maximum Gasteiger partial charge on any atom is 0.228 e. The molecule has 1 N–H and O–H groups in total. The number of rotatable bonds is 4. The maximum atomic E-state index is 12.7. The van der Waals surface area contributed by atoms with Gasteiger partial charge in [0.2, 0.25) is 16.9 Å². The number of carbonyl (C=O) groups excluding carboxylic acids is 2. The molecule has 28 heavy (non-hydrogen) atoms. The van der Waals surface area contributed by atoms with Crippen LogP contribution in [0.3, 0.4) is 0 Å². The Balaban J connectivity index is 1.50. The standard InChI is InChI=1S/C20H19N5O2S/c1-13(26)25-11-9-14-6-2-3-7-15(14)17(25)12-18(27)22-20-24-23-19(28-20)16-8-4-5-10-21-16/h2-8,10,17H,9,11-12H2,1H3,(H,22,24,27). The summed E-state index contributed by atoms with van der Waals surface area (Å²) in [5.41, 5.74) is 2.93. The van der Waals surface area contributed by atoms with E-state index in [1.807, 2.05) is 36.4 Å². The highest BCUT2D eigenvalue weighted by atomic mass is 32.1. The van der Waals surface area contributed by atoms with Crippen molar-refractivity contribution in [3.63, 3.8) is 0 Å². The van der Waals surface area contributed by atoms with Gasteiger partial charge in [-0.3, -0.25) is 14.6 Å². The zero-order valence-corrected chi connectivity index (χ0v) is 16.1. The van der Waals surface area contributed by atoms with Gasteiger partial charge < -0.3 is 10.2 Å². The molecule has 2 amide bonds. The lowest BCUT2D eigenvalue weighted by Gasteiger charge is -2.36. The van der Waals surface area contributed by atoms with Crippen molar-refractivity contribution in [2.45, 2.75) is 25.8 Å². The molecule has 0 fully saturated rings. The van der Waals surface area contributed by atoms with Crippen LogP contribution in [0.2, 0.25) is 0 Å². The molecule has 0 aliphatic carbocycles. The molecule has 1 atom stereocenters. The minimum atomic E-state index is -0.273. The van der Waals surface area contributed by atoms with Crippen LogP contribution in [0.4, 0.5) is 5.13 Å². The Morgan fingerprint density at radius 2 is 2.00 bits per heavy atom. The highest BCUT2D eigenvalue weighted by Gasteiger charge is 2.30. The number of carbonyl (C=O) groups is 2. The van der Waals surface area contributed by atoms with Crippen LogP contribution in [0.5, 0.6) is 0 Å².